The fraction of sp³-hybridized carbons (Fsp3) is 0.286. The molecule has 0 saturated heterocycles. The summed E-state index contributed by atoms with van der Waals surface area (Å²) in [5.74, 6) is -0.0470. The molecule has 2 unspecified atom stereocenters. The molecule has 0 heterocycles. The van der Waals surface area contributed by atoms with Crippen molar-refractivity contribution in [3.63, 3.8) is 0 Å². The molecule has 4 rings (SSSR count). The van der Waals surface area contributed by atoms with Gasteiger partial charge in [0, 0.05) is 5.56 Å². The van der Waals surface area contributed by atoms with Gasteiger partial charge in [0.2, 0.25) is 0 Å². The summed E-state index contributed by atoms with van der Waals surface area (Å²) in [5.41, 5.74) is 0.684. The number of amides is 1. The highest BCUT2D eigenvalue weighted by atomic mass is 16.6. The molecule has 8 nitrogen and oxygen atoms in total. The second-order valence-corrected chi connectivity index (χ2v) is 8.48. The van der Waals surface area contributed by atoms with Crippen LogP contribution >= 0.6 is 0 Å². The molecule has 1 aliphatic carbocycles. The third kappa shape index (κ3) is 5.50. The van der Waals surface area contributed by atoms with E-state index >= 15 is 0 Å². The molecule has 1 aliphatic rings. The molecule has 0 saturated carbocycles. The highest BCUT2D eigenvalue weighted by Gasteiger charge is 2.43. The molecule has 3 aromatic carbocycles. The van der Waals surface area contributed by atoms with Gasteiger partial charge in [0.05, 0.1) is 18.0 Å². The number of aliphatic hydroxyl groups is 2. The molecular formula is C28H29NO7. The Labute approximate surface area is 209 Å². The van der Waals surface area contributed by atoms with Crippen LogP contribution in [0.5, 0.6) is 5.75 Å². The molecule has 8 heteroatoms. The minimum atomic E-state index is -1.69. The number of carbonyl (C=O) groups is 2. The summed E-state index contributed by atoms with van der Waals surface area (Å²) < 4.78 is 16.1. The predicted molar refractivity (Wildman–Crippen MR) is 133 cm³/mol. The maximum Gasteiger partial charge on any atom is 0.419 e. The van der Waals surface area contributed by atoms with Crippen molar-refractivity contribution in [2.75, 3.05) is 24.7 Å². The van der Waals surface area contributed by atoms with Crippen LogP contribution < -0.4 is 9.64 Å². The lowest BCUT2D eigenvalue weighted by molar-refractivity contribution is -0.145. The monoisotopic (exact) mass is 491 g/mol. The van der Waals surface area contributed by atoms with Crippen LogP contribution in [0, 0.1) is 0 Å². The standard InChI is InChI=1S/C28H29NO7/c1-2-34-25(30)18-35-24-15-9-14-23-22(24)16-17-28(33,26(23)31)19-36-27(32)29(20-10-5-3-6-11-20)21-12-7-4-8-13-21/h3-15,26,31,33H,2,16-19H2,1H3. The van der Waals surface area contributed by atoms with Crippen LogP contribution in [0.4, 0.5) is 16.2 Å². The lowest BCUT2D eigenvalue weighted by Crippen LogP contribution is -2.46. The van der Waals surface area contributed by atoms with E-state index in [9.17, 15) is 19.8 Å². The summed E-state index contributed by atoms with van der Waals surface area (Å²) in [7, 11) is 0. The van der Waals surface area contributed by atoms with E-state index in [0.717, 1.165) is 0 Å². The van der Waals surface area contributed by atoms with Crippen molar-refractivity contribution in [2.45, 2.75) is 31.5 Å². The molecule has 3 aromatic rings. The quantitative estimate of drug-likeness (QED) is 0.452. The summed E-state index contributed by atoms with van der Waals surface area (Å²) >= 11 is 0. The highest BCUT2D eigenvalue weighted by Crippen LogP contribution is 2.41. The van der Waals surface area contributed by atoms with Crippen molar-refractivity contribution in [3.8, 4) is 5.75 Å². The first-order valence-corrected chi connectivity index (χ1v) is 11.8. The zero-order chi connectivity index (χ0) is 25.5. The second kappa shape index (κ2) is 11.2. The Balaban J connectivity index is 1.49. The van der Waals surface area contributed by atoms with Crippen molar-refractivity contribution in [1.82, 2.24) is 0 Å². The van der Waals surface area contributed by atoms with Gasteiger partial charge in [-0.2, -0.15) is 0 Å². The van der Waals surface area contributed by atoms with Crippen molar-refractivity contribution in [1.29, 1.82) is 0 Å². The number of hydrogen-bond acceptors (Lipinski definition) is 7. The fourth-order valence-corrected chi connectivity index (χ4v) is 4.26. The van der Waals surface area contributed by atoms with Crippen LogP contribution in [-0.2, 0) is 20.7 Å². The number of aliphatic hydroxyl groups excluding tert-OH is 1. The molecule has 1 amide bonds. The zero-order valence-corrected chi connectivity index (χ0v) is 20.0. The van der Waals surface area contributed by atoms with Gasteiger partial charge < -0.3 is 24.4 Å². The number of fused-ring (bicyclic) bond motifs is 1. The number of anilines is 2. The maximum absolute atomic E-state index is 13.2. The lowest BCUT2D eigenvalue weighted by atomic mass is 9.78. The smallest absolute Gasteiger partial charge is 0.419 e. The van der Waals surface area contributed by atoms with Crippen LogP contribution in [0.1, 0.15) is 30.6 Å². The predicted octanol–water partition coefficient (Wildman–Crippen LogP) is 4.31. The number of nitrogens with zero attached hydrogens (tertiary/aromatic N) is 1. The Kier molecular flexibility index (Phi) is 7.87. The van der Waals surface area contributed by atoms with Gasteiger partial charge in [-0.3, -0.25) is 0 Å². The van der Waals surface area contributed by atoms with Crippen molar-refractivity contribution in [3.05, 3.63) is 90.0 Å². The first kappa shape index (κ1) is 25.2. The molecular weight excluding hydrogens is 462 g/mol. The minimum Gasteiger partial charge on any atom is -0.482 e. The number of carbonyl (C=O) groups excluding carboxylic acids is 2. The van der Waals surface area contributed by atoms with E-state index in [1.54, 1.807) is 49.4 Å². The highest BCUT2D eigenvalue weighted by molar-refractivity contribution is 5.95. The number of para-hydroxylation sites is 2. The van der Waals surface area contributed by atoms with Crippen molar-refractivity contribution in [2.24, 2.45) is 0 Å². The van der Waals surface area contributed by atoms with Crippen LogP contribution in [0.2, 0.25) is 0 Å². The van der Waals surface area contributed by atoms with Gasteiger partial charge in [-0.05, 0) is 55.7 Å². The van der Waals surface area contributed by atoms with Gasteiger partial charge in [0.15, 0.2) is 6.61 Å². The zero-order valence-electron chi connectivity index (χ0n) is 20.0. The number of rotatable bonds is 8. The number of benzene rings is 3. The molecule has 0 bridgehead atoms. The number of hydrogen-bond donors (Lipinski definition) is 2. The first-order valence-electron chi connectivity index (χ1n) is 11.8. The second-order valence-electron chi connectivity index (χ2n) is 8.48. The molecule has 0 spiro atoms. The molecule has 0 fully saturated rings. The Morgan fingerprint density at radius 3 is 2.19 bits per heavy atom. The normalized spacial score (nSPS) is 18.6. The fourth-order valence-electron chi connectivity index (χ4n) is 4.26. The lowest BCUT2D eigenvalue weighted by Gasteiger charge is -2.38. The molecule has 36 heavy (non-hydrogen) atoms. The topological polar surface area (TPSA) is 106 Å². The molecule has 0 aliphatic heterocycles. The Hall–Kier alpha value is -3.88. The van der Waals surface area contributed by atoms with Gasteiger partial charge in [-0.15, -0.1) is 0 Å². The summed E-state index contributed by atoms with van der Waals surface area (Å²) in [4.78, 5) is 26.3. The molecule has 0 radical (unpaired) electrons. The summed E-state index contributed by atoms with van der Waals surface area (Å²) in [6.07, 6.45) is -1.50. The van der Waals surface area contributed by atoms with E-state index in [0.29, 0.717) is 34.7 Å². The summed E-state index contributed by atoms with van der Waals surface area (Å²) in [5, 5.41) is 22.3. The molecule has 2 atom stereocenters. The van der Waals surface area contributed by atoms with E-state index in [4.69, 9.17) is 14.2 Å². The van der Waals surface area contributed by atoms with Gasteiger partial charge in [0.25, 0.3) is 0 Å². The minimum absolute atomic E-state index is 0.130. The van der Waals surface area contributed by atoms with E-state index < -0.39 is 30.4 Å². The first-order chi connectivity index (χ1) is 17.4. The van der Waals surface area contributed by atoms with E-state index in [1.807, 2.05) is 36.4 Å². The van der Waals surface area contributed by atoms with Crippen molar-refractivity contribution >= 4 is 23.4 Å². The maximum atomic E-state index is 13.2. The molecule has 188 valence electrons. The van der Waals surface area contributed by atoms with Crippen molar-refractivity contribution < 1.29 is 34.0 Å². The number of esters is 1. The van der Waals surface area contributed by atoms with Crippen LogP contribution in [0.15, 0.2) is 78.9 Å². The Morgan fingerprint density at radius 1 is 0.944 bits per heavy atom. The van der Waals surface area contributed by atoms with Crippen LogP contribution in [0.25, 0.3) is 0 Å². The molecule has 2 N–H and O–H groups in total. The third-order valence-electron chi connectivity index (χ3n) is 6.09. The van der Waals surface area contributed by atoms with Gasteiger partial charge in [0.1, 0.15) is 24.1 Å². The Bertz CT molecular complexity index is 1150. The van der Waals surface area contributed by atoms with E-state index in [-0.39, 0.29) is 19.6 Å². The largest absolute Gasteiger partial charge is 0.482 e. The summed E-state index contributed by atoms with van der Waals surface area (Å²) in [6, 6.07) is 23.2. The van der Waals surface area contributed by atoms with Gasteiger partial charge >= 0.3 is 12.1 Å². The third-order valence-corrected chi connectivity index (χ3v) is 6.09. The number of ether oxygens (including phenoxy) is 3. The average molecular weight is 492 g/mol. The summed E-state index contributed by atoms with van der Waals surface area (Å²) in [6.45, 7) is 1.31. The van der Waals surface area contributed by atoms with Crippen LogP contribution in [-0.4, -0.2) is 47.7 Å². The van der Waals surface area contributed by atoms with E-state index in [1.165, 1.54) is 4.90 Å². The van der Waals surface area contributed by atoms with Gasteiger partial charge in [-0.25, -0.2) is 14.5 Å². The van der Waals surface area contributed by atoms with E-state index in [2.05, 4.69) is 0 Å². The Morgan fingerprint density at radius 2 is 1.58 bits per heavy atom. The molecule has 0 aromatic heterocycles. The average Bonchev–Trinajstić information content (AvgIpc) is 2.90. The van der Waals surface area contributed by atoms with Crippen LogP contribution in [0.3, 0.4) is 0 Å². The van der Waals surface area contributed by atoms with Gasteiger partial charge in [-0.1, -0.05) is 48.5 Å². The SMILES string of the molecule is CCOC(=O)COc1cccc2c1CCC(O)(COC(=O)N(c1ccccc1)c1ccccc1)C2O.